The van der Waals surface area contributed by atoms with Crippen molar-refractivity contribution < 1.29 is 28.2 Å². The second kappa shape index (κ2) is 7.08. The molecule has 2 heterocycles. The highest BCUT2D eigenvalue weighted by molar-refractivity contribution is 6.14. The van der Waals surface area contributed by atoms with E-state index in [1.54, 1.807) is 48.5 Å². The number of rotatable bonds is 4. The lowest BCUT2D eigenvalue weighted by molar-refractivity contribution is 0.0734. The molecule has 4 rings (SSSR count). The largest absolute Gasteiger partial charge is 0.497 e. The minimum Gasteiger partial charge on any atom is -0.497 e. The Balaban J connectivity index is 1.54. The molecule has 1 aromatic heterocycles. The fourth-order valence-corrected chi connectivity index (χ4v) is 2.81. The van der Waals surface area contributed by atoms with Crippen molar-refractivity contribution in [2.24, 2.45) is 0 Å². The quantitative estimate of drug-likeness (QED) is 0.381. The van der Waals surface area contributed by atoms with Crippen molar-refractivity contribution in [3.8, 4) is 17.2 Å². The predicted octanol–water partition coefficient (Wildman–Crippen LogP) is 4.43. The van der Waals surface area contributed by atoms with Gasteiger partial charge in [0.25, 0.3) is 0 Å². The summed E-state index contributed by atoms with van der Waals surface area (Å²) >= 11 is 0. The van der Waals surface area contributed by atoms with Crippen LogP contribution < -0.4 is 14.2 Å². The van der Waals surface area contributed by atoms with Gasteiger partial charge >= 0.3 is 5.97 Å². The average Bonchev–Trinajstić information content (AvgIpc) is 3.24. The van der Waals surface area contributed by atoms with Crippen LogP contribution >= 0.6 is 0 Å². The second-order valence-corrected chi connectivity index (χ2v) is 6.17. The molecule has 3 aromatic rings. The van der Waals surface area contributed by atoms with Crippen molar-refractivity contribution in [2.75, 3.05) is 7.11 Å². The molecule has 0 fully saturated rings. The molecule has 0 spiro atoms. The predicted molar refractivity (Wildman–Crippen MR) is 101 cm³/mol. The summed E-state index contributed by atoms with van der Waals surface area (Å²) in [5.41, 5.74) is 0.751. The Labute approximate surface area is 160 Å². The second-order valence-electron chi connectivity index (χ2n) is 6.17. The molecule has 0 unspecified atom stereocenters. The Kier molecular flexibility index (Phi) is 4.45. The molecule has 28 heavy (non-hydrogen) atoms. The molecule has 140 valence electrons. The van der Waals surface area contributed by atoms with Crippen molar-refractivity contribution in [3.63, 3.8) is 0 Å². The molecule has 6 heteroatoms. The third kappa shape index (κ3) is 3.40. The summed E-state index contributed by atoms with van der Waals surface area (Å²) in [6, 6.07) is 14.8. The van der Waals surface area contributed by atoms with Crippen LogP contribution in [0.3, 0.4) is 0 Å². The van der Waals surface area contributed by atoms with Crippen molar-refractivity contribution in [2.45, 2.75) is 6.92 Å². The highest BCUT2D eigenvalue weighted by Gasteiger charge is 2.28. The van der Waals surface area contributed by atoms with E-state index in [2.05, 4.69) is 0 Å². The van der Waals surface area contributed by atoms with Gasteiger partial charge in [-0.05, 0) is 49.4 Å². The zero-order chi connectivity index (χ0) is 19.7. The SMILES string of the molecule is COc1cccc(C(=O)Oc2ccc3c(c2)O/C(=C\c2ccc(C)o2)C3=O)c1. The third-order valence-electron chi connectivity index (χ3n) is 4.19. The first-order chi connectivity index (χ1) is 13.5. The maximum atomic E-state index is 12.5. The number of carbonyl (C=O) groups excluding carboxylic acids is 2. The summed E-state index contributed by atoms with van der Waals surface area (Å²) in [5, 5.41) is 0. The lowest BCUT2D eigenvalue weighted by atomic mass is 10.1. The molecule has 0 N–H and O–H groups in total. The Bertz CT molecular complexity index is 1110. The zero-order valence-corrected chi connectivity index (χ0v) is 15.2. The van der Waals surface area contributed by atoms with Crippen LogP contribution in [-0.4, -0.2) is 18.9 Å². The molecule has 1 aliphatic heterocycles. The van der Waals surface area contributed by atoms with Gasteiger partial charge in [0.05, 0.1) is 18.2 Å². The first-order valence-corrected chi connectivity index (χ1v) is 8.54. The molecular formula is C22H16O6. The van der Waals surface area contributed by atoms with E-state index in [4.69, 9.17) is 18.6 Å². The van der Waals surface area contributed by atoms with E-state index in [1.165, 1.54) is 19.3 Å². The number of hydrogen-bond donors (Lipinski definition) is 0. The lowest BCUT2D eigenvalue weighted by Crippen LogP contribution is -2.08. The van der Waals surface area contributed by atoms with Crippen LogP contribution in [0.4, 0.5) is 0 Å². The van der Waals surface area contributed by atoms with Gasteiger partial charge in [-0.1, -0.05) is 6.07 Å². The maximum absolute atomic E-state index is 12.5. The molecule has 0 amide bonds. The summed E-state index contributed by atoms with van der Waals surface area (Å²) in [7, 11) is 1.52. The van der Waals surface area contributed by atoms with Gasteiger partial charge in [-0.15, -0.1) is 0 Å². The number of allylic oxidation sites excluding steroid dienone is 1. The van der Waals surface area contributed by atoms with Crippen molar-refractivity contribution in [3.05, 3.63) is 83.0 Å². The summed E-state index contributed by atoms with van der Waals surface area (Å²) < 4.78 is 21.6. The number of aryl methyl sites for hydroxylation is 1. The van der Waals surface area contributed by atoms with Crippen LogP contribution in [0.1, 0.15) is 32.2 Å². The highest BCUT2D eigenvalue weighted by atomic mass is 16.5. The van der Waals surface area contributed by atoms with Crippen molar-refractivity contribution >= 4 is 17.8 Å². The Morgan fingerprint density at radius 2 is 1.89 bits per heavy atom. The van der Waals surface area contributed by atoms with Gasteiger partial charge in [-0.25, -0.2) is 4.79 Å². The summed E-state index contributed by atoms with van der Waals surface area (Å²) in [6.07, 6.45) is 1.54. The summed E-state index contributed by atoms with van der Waals surface area (Å²) in [6.45, 7) is 1.82. The molecule has 1 aliphatic rings. The van der Waals surface area contributed by atoms with Gasteiger partial charge < -0.3 is 18.6 Å². The Morgan fingerprint density at radius 1 is 1.04 bits per heavy atom. The standard InChI is InChI=1S/C22H16O6/c1-13-6-7-16(26-13)12-20-21(23)18-9-8-17(11-19(18)28-20)27-22(24)14-4-3-5-15(10-14)25-2/h3-12H,1-2H3/b20-12-. The first kappa shape index (κ1) is 17.6. The van der Waals surface area contributed by atoms with Crippen LogP contribution in [0.5, 0.6) is 17.2 Å². The number of esters is 1. The average molecular weight is 376 g/mol. The van der Waals surface area contributed by atoms with E-state index < -0.39 is 5.97 Å². The van der Waals surface area contributed by atoms with Gasteiger partial charge in [0.1, 0.15) is 28.8 Å². The zero-order valence-electron chi connectivity index (χ0n) is 15.2. The van der Waals surface area contributed by atoms with Gasteiger partial charge in [0, 0.05) is 12.1 Å². The van der Waals surface area contributed by atoms with Crippen LogP contribution in [0.25, 0.3) is 6.08 Å². The number of Topliss-reactive ketones (excluding diaryl/α,β-unsaturated/α-hetero) is 1. The number of benzene rings is 2. The number of hydrogen-bond acceptors (Lipinski definition) is 6. The van der Waals surface area contributed by atoms with Gasteiger partial charge in [0.15, 0.2) is 5.76 Å². The fourth-order valence-electron chi connectivity index (χ4n) is 2.81. The van der Waals surface area contributed by atoms with E-state index >= 15 is 0 Å². The van der Waals surface area contributed by atoms with Crippen molar-refractivity contribution in [1.29, 1.82) is 0 Å². The minimum atomic E-state index is -0.537. The van der Waals surface area contributed by atoms with E-state index in [9.17, 15) is 9.59 Å². The van der Waals surface area contributed by atoms with E-state index in [1.807, 2.05) is 6.92 Å². The van der Waals surface area contributed by atoms with Gasteiger partial charge in [-0.3, -0.25) is 4.79 Å². The summed E-state index contributed by atoms with van der Waals surface area (Å²) in [4.78, 5) is 24.8. The molecule has 0 bridgehead atoms. The molecule has 0 saturated carbocycles. The lowest BCUT2D eigenvalue weighted by Gasteiger charge is -2.07. The summed E-state index contributed by atoms with van der Waals surface area (Å²) in [5.74, 6) is 1.78. The molecule has 0 atom stereocenters. The number of methoxy groups -OCH3 is 1. The van der Waals surface area contributed by atoms with Crippen LogP contribution in [0.2, 0.25) is 0 Å². The number of carbonyl (C=O) groups is 2. The smallest absolute Gasteiger partial charge is 0.343 e. The van der Waals surface area contributed by atoms with Crippen LogP contribution in [0, 0.1) is 6.92 Å². The highest BCUT2D eigenvalue weighted by Crippen LogP contribution is 2.35. The van der Waals surface area contributed by atoms with Crippen LogP contribution in [-0.2, 0) is 0 Å². The van der Waals surface area contributed by atoms with E-state index in [-0.39, 0.29) is 17.3 Å². The molecule has 0 saturated heterocycles. The van der Waals surface area contributed by atoms with Crippen molar-refractivity contribution in [1.82, 2.24) is 0 Å². The topological polar surface area (TPSA) is 75.0 Å². The number of fused-ring (bicyclic) bond motifs is 1. The minimum absolute atomic E-state index is 0.153. The maximum Gasteiger partial charge on any atom is 0.343 e. The van der Waals surface area contributed by atoms with E-state index in [0.717, 1.165) is 5.76 Å². The Hall–Kier alpha value is -3.80. The molecular weight excluding hydrogens is 360 g/mol. The van der Waals surface area contributed by atoms with Gasteiger partial charge in [-0.2, -0.15) is 0 Å². The number of ketones is 1. The molecule has 0 aliphatic carbocycles. The first-order valence-electron chi connectivity index (χ1n) is 8.54. The molecule has 0 radical (unpaired) electrons. The number of ether oxygens (including phenoxy) is 3. The monoisotopic (exact) mass is 376 g/mol. The number of furan rings is 1. The molecule has 2 aromatic carbocycles. The third-order valence-corrected chi connectivity index (χ3v) is 4.19. The fraction of sp³-hybridized carbons (Fsp3) is 0.0909. The molecule has 6 nitrogen and oxygen atoms in total. The normalized spacial score (nSPS) is 13.9. The van der Waals surface area contributed by atoms with Gasteiger partial charge in [0.2, 0.25) is 5.78 Å². The van der Waals surface area contributed by atoms with Crippen LogP contribution in [0.15, 0.2) is 64.8 Å². The van der Waals surface area contributed by atoms with E-state index in [0.29, 0.717) is 28.4 Å². The Morgan fingerprint density at radius 3 is 2.64 bits per heavy atom.